The van der Waals surface area contributed by atoms with Gasteiger partial charge in [-0.3, -0.25) is 0 Å². The molecule has 13 heavy (non-hydrogen) atoms. The first kappa shape index (κ1) is 20.9. The molecule has 0 fully saturated rings. The van der Waals surface area contributed by atoms with Crippen LogP contribution in [0.3, 0.4) is 0 Å². The van der Waals surface area contributed by atoms with E-state index in [9.17, 15) is 19.8 Å². The molecule has 0 spiro atoms. The number of nitrogens with two attached hydrogens (primary N) is 1. The van der Waals surface area contributed by atoms with Crippen molar-refractivity contribution < 1.29 is 123 Å². The zero-order chi connectivity index (χ0) is 8.85. The van der Waals surface area contributed by atoms with Crippen molar-refractivity contribution in [3.63, 3.8) is 0 Å². The molecule has 0 rings (SSSR count). The summed E-state index contributed by atoms with van der Waals surface area (Å²) in [6.07, 6.45) is 0. The second-order valence-electron chi connectivity index (χ2n) is 1.81. The third-order valence-corrected chi connectivity index (χ3v) is 1.85. The van der Waals surface area contributed by atoms with Crippen molar-refractivity contribution >= 4 is 23.7 Å². The number of hydrogen-bond donors (Lipinski definition) is 1. The fraction of sp³-hybridized carbons (Fsp3) is 0.600. The van der Waals surface area contributed by atoms with Crippen molar-refractivity contribution in [2.24, 2.45) is 5.73 Å². The predicted molar refractivity (Wildman–Crippen MR) is 35.3 cm³/mol. The molecule has 0 aliphatic heterocycles. The van der Waals surface area contributed by atoms with E-state index in [4.69, 9.17) is 5.73 Å². The van der Waals surface area contributed by atoms with Crippen molar-refractivity contribution in [3.05, 3.63) is 0 Å². The van der Waals surface area contributed by atoms with E-state index in [0.717, 1.165) is 11.8 Å². The second-order valence-corrected chi connectivity index (χ2v) is 2.84. The molecule has 0 amide bonds. The molecule has 0 aromatic rings. The first-order chi connectivity index (χ1) is 5.04. The number of carbonyl (C=O) groups excluding carboxylic acids is 2. The summed E-state index contributed by atoms with van der Waals surface area (Å²) in [5, 5.41) is 19.8. The summed E-state index contributed by atoms with van der Waals surface area (Å²) in [5.41, 5.74) is 5.01. The Hall–Kier alpha value is 2.52. The molecule has 0 aromatic heterocycles. The van der Waals surface area contributed by atoms with Gasteiger partial charge in [0.1, 0.15) is 0 Å². The van der Waals surface area contributed by atoms with Crippen LogP contribution in [-0.4, -0.2) is 29.5 Å². The largest absolute Gasteiger partial charge is 1.00 e. The van der Waals surface area contributed by atoms with E-state index in [-0.39, 0.29) is 114 Å². The third kappa shape index (κ3) is 14.5. The maximum atomic E-state index is 9.96. The minimum Gasteiger partial charge on any atom is -0.549 e. The zero-order valence-electron chi connectivity index (χ0n) is 7.61. The van der Waals surface area contributed by atoms with E-state index in [1.807, 2.05) is 0 Å². The summed E-state index contributed by atoms with van der Waals surface area (Å²) in [4.78, 5) is 19.8. The molecule has 0 radical (unpaired) electrons. The van der Waals surface area contributed by atoms with Gasteiger partial charge in [-0.15, -0.1) is 0 Å². The first-order valence-electron chi connectivity index (χ1n) is 2.78. The van der Waals surface area contributed by atoms with Crippen molar-refractivity contribution in [1.82, 2.24) is 0 Å². The SMILES string of the molecule is N[C@H](CSCC(=O)[O-])C(=O)[O-].[K+].[K+]. The second kappa shape index (κ2) is 12.6. The average molecular weight is 255 g/mol. The fourth-order valence-electron chi connectivity index (χ4n) is 0.337. The molecule has 64 valence electrons. The molecule has 5 nitrogen and oxygen atoms in total. The maximum absolute atomic E-state index is 9.96. The average Bonchev–Trinajstić information content (AvgIpc) is 1.86. The third-order valence-electron chi connectivity index (χ3n) is 0.820. The Bertz CT molecular complexity index is 169. The van der Waals surface area contributed by atoms with Gasteiger partial charge >= 0.3 is 103 Å². The molecule has 1 atom stereocenters. The van der Waals surface area contributed by atoms with Crippen LogP contribution in [0.1, 0.15) is 0 Å². The molecule has 0 aliphatic carbocycles. The van der Waals surface area contributed by atoms with E-state index in [1.165, 1.54) is 0 Å². The Morgan fingerprint density at radius 1 is 1.31 bits per heavy atom. The van der Waals surface area contributed by atoms with E-state index < -0.39 is 18.0 Å². The minimum absolute atomic E-state index is 0. The van der Waals surface area contributed by atoms with Crippen LogP contribution in [-0.2, 0) is 9.59 Å². The molecule has 0 saturated carbocycles. The molecule has 0 aromatic carbocycles. The van der Waals surface area contributed by atoms with Gasteiger partial charge in [-0.1, -0.05) is 0 Å². The fourth-order valence-corrected chi connectivity index (χ4v) is 1.01. The van der Waals surface area contributed by atoms with Crippen LogP contribution in [0.5, 0.6) is 0 Å². The van der Waals surface area contributed by atoms with Gasteiger partial charge in [-0.25, -0.2) is 0 Å². The topological polar surface area (TPSA) is 106 Å². The number of carboxylic acids is 2. The maximum Gasteiger partial charge on any atom is 1.00 e. The summed E-state index contributed by atoms with van der Waals surface area (Å²) < 4.78 is 0. The van der Waals surface area contributed by atoms with Gasteiger partial charge in [0, 0.05) is 11.5 Å². The van der Waals surface area contributed by atoms with Gasteiger partial charge in [-0.05, 0) is 0 Å². The molecule has 0 saturated heterocycles. The van der Waals surface area contributed by atoms with Crippen LogP contribution in [0.4, 0.5) is 0 Å². The normalized spacial score (nSPS) is 10.5. The summed E-state index contributed by atoms with van der Waals surface area (Å²) in [6.45, 7) is 0. The Labute approximate surface area is 165 Å². The smallest absolute Gasteiger partial charge is 0.549 e. The number of carbonyl (C=O) groups is 2. The molecule has 0 bridgehead atoms. The Balaban J connectivity index is -0.000000500. The van der Waals surface area contributed by atoms with Crippen molar-refractivity contribution in [3.8, 4) is 0 Å². The van der Waals surface area contributed by atoms with Crippen LogP contribution in [0.2, 0.25) is 0 Å². The Kier molecular flexibility index (Phi) is 20.2. The number of hydrogen-bond acceptors (Lipinski definition) is 6. The van der Waals surface area contributed by atoms with Crippen LogP contribution < -0.4 is 119 Å². The summed E-state index contributed by atoms with van der Waals surface area (Å²) in [6, 6.07) is -1.11. The molecule has 2 N–H and O–H groups in total. The van der Waals surface area contributed by atoms with Crippen LogP contribution in [0.25, 0.3) is 0 Å². The van der Waals surface area contributed by atoms with Crippen LogP contribution >= 0.6 is 11.8 Å². The van der Waals surface area contributed by atoms with E-state index >= 15 is 0 Å². The monoisotopic (exact) mass is 255 g/mol. The minimum atomic E-state index is -1.38. The number of rotatable bonds is 5. The van der Waals surface area contributed by atoms with Crippen molar-refractivity contribution in [2.45, 2.75) is 6.04 Å². The standard InChI is InChI=1S/C5H9NO4S.2K/c6-3(5(9)10)1-11-2-4(7)8;;/h3H,1-2,6H2,(H,7,8)(H,9,10);;/q;2*+1/p-2/t3-;;/m1../s1. The Morgan fingerprint density at radius 3 is 2.08 bits per heavy atom. The van der Waals surface area contributed by atoms with Gasteiger partial charge < -0.3 is 25.5 Å². The van der Waals surface area contributed by atoms with E-state index in [2.05, 4.69) is 0 Å². The molecule has 0 aliphatic rings. The molecule has 8 heteroatoms. The summed E-state index contributed by atoms with van der Waals surface area (Å²) in [5.74, 6) is -2.84. The first-order valence-corrected chi connectivity index (χ1v) is 3.93. The van der Waals surface area contributed by atoms with Gasteiger partial charge in [0.2, 0.25) is 0 Å². The van der Waals surface area contributed by atoms with Gasteiger partial charge in [0.05, 0.1) is 18.0 Å². The zero-order valence-corrected chi connectivity index (χ0v) is 14.7. The Morgan fingerprint density at radius 2 is 1.77 bits per heavy atom. The van der Waals surface area contributed by atoms with E-state index in [1.54, 1.807) is 0 Å². The number of carboxylic acid groups (broad SMARTS) is 2. The molecular formula is C5H7K2NO4S. The van der Waals surface area contributed by atoms with Gasteiger partial charge in [0.15, 0.2) is 0 Å². The summed E-state index contributed by atoms with van der Waals surface area (Å²) >= 11 is 0.890. The van der Waals surface area contributed by atoms with E-state index in [0.29, 0.717) is 0 Å². The van der Waals surface area contributed by atoms with Crippen LogP contribution in [0.15, 0.2) is 0 Å². The van der Waals surface area contributed by atoms with Crippen molar-refractivity contribution in [1.29, 1.82) is 0 Å². The molecule has 0 unspecified atom stereocenters. The van der Waals surface area contributed by atoms with Crippen LogP contribution in [0, 0.1) is 0 Å². The predicted octanol–water partition coefficient (Wildman–Crippen LogP) is -9.45. The van der Waals surface area contributed by atoms with Gasteiger partial charge in [0.25, 0.3) is 0 Å². The summed E-state index contributed by atoms with van der Waals surface area (Å²) in [7, 11) is 0. The molecular weight excluding hydrogens is 248 g/mol. The quantitative estimate of drug-likeness (QED) is 0.489. The number of aliphatic carboxylic acids is 2. The van der Waals surface area contributed by atoms with Crippen molar-refractivity contribution in [2.75, 3.05) is 11.5 Å². The molecule has 0 heterocycles. The number of thioether (sulfide) groups is 1. The van der Waals surface area contributed by atoms with Gasteiger partial charge in [-0.2, -0.15) is 11.8 Å².